The van der Waals surface area contributed by atoms with Gasteiger partial charge in [0.25, 0.3) is 0 Å². The van der Waals surface area contributed by atoms with Gasteiger partial charge in [-0.1, -0.05) is 104 Å². The Labute approximate surface area is 225 Å². The lowest BCUT2D eigenvalue weighted by Crippen LogP contribution is -2.54. The molecule has 5 saturated carbocycles. The Hall–Kier alpha value is -0.0400. The van der Waals surface area contributed by atoms with Crippen LogP contribution in [0, 0.1) is 52.3 Å². The maximum atomic E-state index is 10.4. The molecule has 0 saturated heterocycles. The van der Waals surface area contributed by atoms with Gasteiger partial charge in [0.05, 0.1) is 6.10 Å². The fourth-order valence-electron chi connectivity index (χ4n) is 11.4. The molecular weight excluding hydrogens is 436 g/mol. The molecule has 0 aliphatic heterocycles. The molecular formula is C35H62O. The lowest BCUT2D eigenvalue weighted by Gasteiger charge is -2.61. The van der Waals surface area contributed by atoms with Gasteiger partial charge in [0.1, 0.15) is 0 Å². The molecule has 36 heavy (non-hydrogen) atoms. The van der Waals surface area contributed by atoms with E-state index in [1.54, 1.807) is 0 Å². The van der Waals surface area contributed by atoms with Gasteiger partial charge in [-0.15, -0.1) is 0 Å². The lowest BCUT2D eigenvalue weighted by molar-refractivity contribution is -0.129. The molecule has 1 unspecified atom stereocenters. The van der Waals surface area contributed by atoms with Crippen molar-refractivity contribution in [2.24, 2.45) is 52.3 Å². The van der Waals surface area contributed by atoms with Crippen molar-refractivity contribution in [2.75, 3.05) is 0 Å². The van der Waals surface area contributed by atoms with Gasteiger partial charge < -0.3 is 5.11 Å². The van der Waals surface area contributed by atoms with Crippen molar-refractivity contribution in [2.45, 2.75) is 168 Å². The van der Waals surface area contributed by atoms with Crippen LogP contribution in [0.4, 0.5) is 0 Å². The average Bonchev–Trinajstić information content (AvgIpc) is 3.21. The molecule has 5 aliphatic carbocycles. The Bertz CT molecular complexity index is 674. The summed E-state index contributed by atoms with van der Waals surface area (Å²) in [7, 11) is 0. The van der Waals surface area contributed by atoms with E-state index in [4.69, 9.17) is 0 Å². The smallest absolute Gasteiger partial charge is 0.0543 e. The van der Waals surface area contributed by atoms with Crippen LogP contribution < -0.4 is 0 Å². The Morgan fingerprint density at radius 2 is 1.28 bits per heavy atom. The predicted molar refractivity (Wildman–Crippen MR) is 154 cm³/mol. The second kappa shape index (κ2) is 12.0. The van der Waals surface area contributed by atoms with E-state index in [2.05, 4.69) is 20.8 Å². The first-order chi connectivity index (χ1) is 17.4. The van der Waals surface area contributed by atoms with E-state index in [1.807, 2.05) is 0 Å². The second-order valence-corrected chi connectivity index (χ2v) is 15.5. The first kappa shape index (κ1) is 27.5. The highest BCUT2D eigenvalue weighted by atomic mass is 16.3. The summed E-state index contributed by atoms with van der Waals surface area (Å²) in [6.45, 7) is 8.08. The van der Waals surface area contributed by atoms with Crippen LogP contribution in [0.15, 0.2) is 0 Å². The Kier molecular flexibility index (Phi) is 9.18. The minimum atomic E-state index is -0.00852. The van der Waals surface area contributed by atoms with Crippen molar-refractivity contribution in [3.8, 4) is 0 Å². The fraction of sp³-hybridized carbons (Fsp3) is 1.00. The molecule has 1 nitrogen and oxygen atoms in total. The minimum absolute atomic E-state index is 0.00852. The van der Waals surface area contributed by atoms with Crippen molar-refractivity contribution in [3.05, 3.63) is 0 Å². The van der Waals surface area contributed by atoms with Gasteiger partial charge in [0, 0.05) is 0 Å². The highest BCUT2D eigenvalue weighted by Gasteiger charge is 2.60. The van der Waals surface area contributed by atoms with Gasteiger partial charge in [0.2, 0.25) is 0 Å². The van der Waals surface area contributed by atoms with Crippen molar-refractivity contribution in [3.63, 3.8) is 0 Å². The van der Waals surface area contributed by atoms with E-state index < -0.39 is 0 Å². The van der Waals surface area contributed by atoms with E-state index in [1.165, 1.54) is 128 Å². The minimum Gasteiger partial charge on any atom is -0.393 e. The zero-order chi connectivity index (χ0) is 25.2. The lowest BCUT2D eigenvalue weighted by atomic mass is 9.44. The van der Waals surface area contributed by atoms with E-state index in [9.17, 15) is 5.11 Å². The zero-order valence-electron chi connectivity index (χ0n) is 24.6. The van der Waals surface area contributed by atoms with E-state index in [0.717, 1.165) is 54.3 Å². The predicted octanol–water partition coefficient (Wildman–Crippen LogP) is 10.3. The van der Waals surface area contributed by atoms with Gasteiger partial charge in [-0.2, -0.15) is 0 Å². The molecule has 5 rings (SSSR count). The summed E-state index contributed by atoms with van der Waals surface area (Å²) in [5, 5.41) is 10.4. The van der Waals surface area contributed by atoms with Crippen molar-refractivity contribution in [1.82, 2.24) is 0 Å². The fourth-order valence-corrected chi connectivity index (χ4v) is 11.4. The third kappa shape index (κ3) is 5.63. The van der Waals surface area contributed by atoms with Gasteiger partial charge in [-0.3, -0.25) is 0 Å². The summed E-state index contributed by atoms with van der Waals surface area (Å²) in [6, 6.07) is 0. The maximum Gasteiger partial charge on any atom is 0.0543 e. The van der Waals surface area contributed by atoms with Gasteiger partial charge in [-0.05, 0) is 110 Å². The molecule has 0 aromatic heterocycles. The number of fused-ring (bicyclic) bond motifs is 5. The second-order valence-electron chi connectivity index (χ2n) is 15.5. The number of hydrogen-bond donors (Lipinski definition) is 1. The summed E-state index contributed by atoms with van der Waals surface area (Å²) >= 11 is 0. The molecule has 0 aromatic rings. The number of aliphatic hydroxyl groups is 1. The topological polar surface area (TPSA) is 20.2 Å². The first-order valence-corrected chi connectivity index (χ1v) is 17.1. The molecule has 208 valence electrons. The monoisotopic (exact) mass is 498 g/mol. The van der Waals surface area contributed by atoms with Crippen LogP contribution in [0.25, 0.3) is 0 Å². The quantitative estimate of drug-likeness (QED) is 0.408. The maximum absolute atomic E-state index is 10.4. The van der Waals surface area contributed by atoms with Crippen molar-refractivity contribution < 1.29 is 5.11 Å². The molecule has 0 heterocycles. The molecule has 0 radical (unpaired) electrons. The summed E-state index contributed by atoms with van der Waals surface area (Å²) in [4.78, 5) is 0. The zero-order valence-corrected chi connectivity index (χ0v) is 24.6. The van der Waals surface area contributed by atoms with Crippen LogP contribution in [-0.4, -0.2) is 11.2 Å². The molecule has 5 aliphatic rings. The Morgan fingerprint density at radius 3 is 1.97 bits per heavy atom. The standard InChI is InChI=1S/C35H62O/c1-26(15-16-27-13-11-9-7-5-4-6-8-10-12-14-27)31-19-20-32-30-18-17-28-25-29(36)21-23-34(28,2)33(30)22-24-35(31,32)3/h26-33,36H,4-25H2,1-3H3/t26-,28?,29+,30+,31-,32+,33+,34+,35-/m1/s1. The van der Waals surface area contributed by atoms with Crippen LogP contribution in [-0.2, 0) is 0 Å². The van der Waals surface area contributed by atoms with Gasteiger partial charge in [-0.25, -0.2) is 0 Å². The third-order valence-electron chi connectivity index (χ3n) is 13.7. The summed E-state index contributed by atoms with van der Waals surface area (Å²) in [6.07, 6.45) is 31.9. The highest BCUT2D eigenvalue weighted by molar-refractivity contribution is 5.09. The number of hydrogen-bond acceptors (Lipinski definition) is 1. The first-order valence-electron chi connectivity index (χ1n) is 17.1. The molecule has 0 bridgehead atoms. The molecule has 1 N–H and O–H groups in total. The van der Waals surface area contributed by atoms with E-state index in [-0.39, 0.29) is 6.10 Å². The van der Waals surface area contributed by atoms with E-state index in [0.29, 0.717) is 10.8 Å². The Morgan fingerprint density at radius 1 is 0.667 bits per heavy atom. The van der Waals surface area contributed by atoms with Crippen LogP contribution in [0.1, 0.15) is 162 Å². The molecule has 1 heteroatoms. The third-order valence-corrected chi connectivity index (χ3v) is 13.7. The number of rotatable bonds is 4. The van der Waals surface area contributed by atoms with Crippen LogP contribution in [0.2, 0.25) is 0 Å². The Balaban J connectivity index is 1.18. The molecule has 5 fully saturated rings. The van der Waals surface area contributed by atoms with Crippen LogP contribution >= 0.6 is 0 Å². The van der Waals surface area contributed by atoms with Crippen LogP contribution in [0.5, 0.6) is 0 Å². The SMILES string of the molecule is C[C@H](CCC1CCCCCCCCCCC1)[C@H]1CC[C@H]2[C@@H]3CCC4C[C@@H](O)CC[C@]4(C)[C@H]3CC[C@]12C. The molecule has 0 amide bonds. The largest absolute Gasteiger partial charge is 0.393 e. The number of aliphatic hydroxyl groups excluding tert-OH is 1. The summed E-state index contributed by atoms with van der Waals surface area (Å²) in [5.41, 5.74) is 1.14. The van der Waals surface area contributed by atoms with Gasteiger partial charge >= 0.3 is 0 Å². The summed E-state index contributed by atoms with van der Waals surface area (Å²) in [5.74, 6) is 6.66. The summed E-state index contributed by atoms with van der Waals surface area (Å²) < 4.78 is 0. The van der Waals surface area contributed by atoms with E-state index >= 15 is 0 Å². The van der Waals surface area contributed by atoms with Gasteiger partial charge in [0.15, 0.2) is 0 Å². The van der Waals surface area contributed by atoms with Crippen molar-refractivity contribution in [1.29, 1.82) is 0 Å². The van der Waals surface area contributed by atoms with Crippen LogP contribution in [0.3, 0.4) is 0 Å². The normalized spacial score (nSPS) is 46.0. The highest BCUT2D eigenvalue weighted by Crippen LogP contribution is 2.68. The molecule has 9 atom stereocenters. The average molecular weight is 499 g/mol. The molecule has 0 spiro atoms. The van der Waals surface area contributed by atoms with Crippen molar-refractivity contribution >= 4 is 0 Å². The molecule has 0 aromatic carbocycles.